The van der Waals surface area contributed by atoms with Gasteiger partial charge in [0.05, 0.1) is 12.0 Å². The molecule has 0 fully saturated rings. The van der Waals surface area contributed by atoms with Crippen LogP contribution in [0.4, 0.5) is 0 Å². The van der Waals surface area contributed by atoms with E-state index in [1.807, 2.05) is 19.1 Å². The van der Waals surface area contributed by atoms with Crippen molar-refractivity contribution in [2.45, 2.75) is 39.0 Å². The molecule has 0 saturated carbocycles. The highest BCUT2D eigenvalue weighted by Crippen LogP contribution is 2.38. The molecule has 2 unspecified atom stereocenters. The summed E-state index contributed by atoms with van der Waals surface area (Å²) in [5, 5.41) is 0.00833. The van der Waals surface area contributed by atoms with Crippen molar-refractivity contribution in [1.29, 1.82) is 0 Å². The molecule has 2 atom stereocenters. The summed E-state index contributed by atoms with van der Waals surface area (Å²) in [6.07, 6.45) is 2.29. The number of rotatable bonds is 6. The van der Waals surface area contributed by atoms with Gasteiger partial charge in [-0.3, -0.25) is 0 Å². The third-order valence-corrected chi connectivity index (χ3v) is 3.97. The highest BCUT2D eigenvalue weighted by Gasteiger charge is 2.20. The van der Waals surface area contributed by atoms with Crippen molar-refractivity contribution in [3.05, 3.63) is 28.2 Å². The minimum absolute atomic E-state index is 0.00833. The molecule has 0 spiro atoms. The van der Waals surface area contributed by atoms with E-state index in [2.05, 4.69) is 35.8 Å². The van der Waals surface area contributed by atoms with E-state index in [-0.39, 0.29) is 5.38 Å². The summed E-state index contributed by atoms with van der Waals surface area (Å²) in [7, 11) is 0. The van der Waals surface area contributed by atoms with Gasteiger partial charge < -0.3 is 4.74 Å². The van der Waals surface area contributed by atoms with Gasteiger partial charge in [0.25, 0.3) is 0 Å². The lowest BCUT2D eigenvalue weighted by atomic mass is 9.96. The summed E-state index contributed by atoms with van der Waals surface area (Å²) in [4.78, 5) is 0. The van der Waals surface area contributed by atoms with E-state index in [0.717, 1.165) is 28.6 Å². The van der Waals surface area contributed by atoms with Gasteiger partial charge >= 0.3 is 0 Å². The first-order valence-corrected chi connectivity index (χ1v) is 7.39. The number of benzene rings is 1. The molecule has 0 bridgehead atoms. The summed E-state index contributed by atoms with van der Waals surface area (Å²) in [5.41, 5.74) is 1.09. The molecule has 0 aliphatic heterocycles. The summed E-state index contributed by atoms with van der Waals surface area (Å²) in [5.74, 6) is 1.36. The van der Waals surface area contributed by atoms with Gasteiger partial charge in [-0.05, 0) is 37.5 Å². The molecule has 0 heterocycles. The second kappa shape index (κ2) is 7.27. The van der Waals surface area contributed by atoms with Crippen molar-refractivity contribution in [2.75, 3.05) is 6.61 Å². The van der Waals surface area contributed by atoms with Crippen molar-refractivity contribution < 1.29 is 4.74 Å². The Bertz CT molecular complexity index is 354. The molecule has 1 aromatic carbocycles. The fraction of sp³-hybridized carbons (Fsp3) is 0.571. The summed E-state index contributed by atoms with van der Waals surface area (Å²) >= 11 is 10.0. The molecule has 0 aliphatic rings. The van der Waals surface area contributed by atoms with Gasteiger partial charge in [0, 0.05) is 10.0 Å². The van der Waals surface area contributed by atoms with Crippen molar-refractivity contribution >= 4 is 27.5 Å². The van der Waals surface area contributed by atoms with E-state index in [1.54, 1.807) is 0 Å². The number of halogens is 2. The van der Waals surface area contributed by atoms with Crippen LogP contribution in [0.15, 0.2) is 22.7 Å². The van der Waals surface area contributed by atoms with E-state index in [0.29, 0.717) is 12.5 Å². The topological polar surface area (TPSA) is 9.23 Å². The Labute approximate surface area is 118 Å². The molecular weight excluding hydrogens is 300 g/mol. The predicted octanol–water partition coefficient (Wildman–Crippen LogP) is 5.56. The fourth-order valence-corrected chi connectivity index (χ4v) is 2.61. The van der Waals surface area contributed by atoms with Crippen LogP contribution in [0, 0.1) is 5.92 Å². The average Bonchev–Trinajstić information content (AvgIpc) is 2.31. The van der Waals surface area contributed by atoms with E-state index in [4.69, 9.17) is 16.3 Å². The lowest BCUT2D eigenvalue weighted by molar-refractivity contribution is 0.333. The zero-order chi connectivity index (χ0) is 12.8. The number of alkyl halides is 1. The second-order valence-electron chi connectivity index (χ2n) is 4.28. The molecule has 3 heteroatoms. The minimum Gasteiger partial charge on any atom is -0.494 e. The van der Waals surface area contributed by atoms with Crippen molar-refractivity contribution in [3.8, 4) is 5.75 Å². The molecule has 1 aromatic rings. The molecule has 17 heavy (non-hydrogen) atoms. The molecule has 0 N–H and O–H groups in total. The molecule has 1 rings (SSSR count). The summed E-state index contributed by atoms with van der Waals surface area (Å²) < 4.78 is 6.68. The maximum absolute atomic E-state index is 6.55. The number of hydrogen-bond donors (Lipinski definition) is 0. The SMILES string of the molecule is CCCC(C)C(Cl)c1cc(Br)ccc1OCC. The van der Waals surface area contributed by atoms with Gasteiger partial charge in [0.1, 0.15) is 5.75 Å². The van der Waals surface area contributed by atoms with Crippen LogP contribution < -0.4 is 4.74 Å². The van der Waals surface area contributed by atoms with E-state index in [9.17, 15) is 0 Å². The Morgan fingerprint density at radius 2 is 2.06 bits per heavy atom. The maximum Gasteiger partial charge on any atom is 0.124 e. The van der Waals surface area contributed by atoms with Gasteiger partial charge in [0.15, 0.2) is 0 Å². The van der Waals surface area contributed by atoms with Gasteiger partial charge in [-0.15, -0.1) is 11.6 Å². The van der Waals surface area contributed by atoms with Crippen LogP contribution in [-0.4, -0.2) is 6.61 Å². The molecular formula is C14H20BrClO. The van der Waals surface area contributed by atoms with E-state index in [1.165, 1.54) is 0 Å². The van der Waals surface area contributed by atoms with Crippen LogP contribution in [0.2, 0.25) is 0 Å². The highest BCUT2D eigenvalue weighted by molar-refractivity contribution is 9.10. The Morgan fingerprint density at radius 1 is 1.35 bits per heavy atom. The van der Waals surface area contributed by atoms with E-state index < -0.39 is 0 Å². The zero-order valence-electron chi connectivity index (χ0n) is 10.7. The van der Waals surface area contributed by atoms with Gasteiger partial charge in [0.2, 0.25) is 0 Å². The van der Waals surface area contributed by atoms with Gasteiger partial charge in [-0.2, -0.15) is 0 Å². The Hall–Kier alpha value is -0.210. The van der Waals surface area contributed by atoms with Gasteiger partial charge in [-0.25, -0.2) is 0 Å². The third-order valence-electron chi connectivity index (χ3n) is 2.81. The van der Waals surface area contributed by atoms with Crippen LogP contribution in [0.3, 0.4) is 0 Å². The van der Waals surface area contributed by atoms with Crippen LogP contribution in [0.5, 0.6) is 5.75 Å². The lowest BCUT2D eigenvalue weighted by Gasteiger charge is -2.20. The van der Waals surface area contributed by atoms with Crippen molar-refractivity contribution in [3.63, 3.8) is 0 Å². The second-order valence-corrected chi connectivity index (χ2v) is 5.67. The van der Waals surface area contributed by atoms with Crippen molar-refractivity contribution in [2.24, 2.45) is 5.92 Å². The third kappa shape index (κ3) is 4.18. The normalized spacial score (nSPS) is 14.4. The maximum atomic E-state index is 6.55. The monoisotopic (exact) mass is 318 g/mol. The number of hydrogen-bond acceptors (Lipinski definition) is 1. The Morgan fingerprint density at radius 3 is 2.65 bits per heavy atom. The number of ether oxygens (including phenoxy) is 1. The Kier molecular flexibility index (Phi) is 6.35. The first kappa shape index (κ1) is 14.8. The molecule has 0 amide bonds. The minimum atomic E-state index is 0.00833. The largest absolute Gasteiger partial charge is 0.494 e. The van der Waals surface area contributed by atoms with Crippen LogP contribution in [0.25, 0.3) is 0 Å². The molecule has 0 saturated heterocycles. The quantitative estimate of drug-likeness (QED) is 0.623. The molecule has 0 aromatic heterocycles. The molecule has 0 aliphatic carbocycles. The molecule has 96 valence electrons. The summed E-state index contributed by atoms with van der Waals surface area (Å²) in [6, 6.07) is 6.04. The smallest absolute Gasteiger partial charge is 0.124 e. The zero-order valence-corrected chi connectivity index (χ0v) is 13.0. The average molecular weight is 320 g/mol. The van der Waals surface area contributed by atoms with E-state index >= 15 is 0 Å². The molecule has 1 nitrogen and oxygen atoms in total. The first-order valence-electron chi connectivity index (χ1n) is 6.16. The predicted molar refractivity (Wildman–Crippen MR) is 78.0 cm³/mol. The fourth-order valence-electron chi connectivity index (χ4n) is 1.93. The molecule has 0 radical (unpaired) electrons. The van der Waals surface area contributed by atoms with Crippen LogP contribution in [-0.2, 0) is 0 Å². The Balaban J connectivity index is 2.96. The highest BCUT2D eigenvalue weighted by atomic mass is 79.9. The van der Waals surface area contributed by atoms with Crippen LogP contribution in [0.1, 0.15) is 44.6 Å². The standard InChI is InChI=1S/C14H20BrClO/c1-4-6-10(3)14(16)12-9-11(15)7-8-13(12)17-5-2/h7-10,14H,4-6H2,1-3H3. The van der Waals surface area contributed by atoms with Gasteiger partial charge in [-0.1, -0.05) is 36.2 Å². The lowest BCUT2D eigenvalue weighted by Crippen LogP contribution is -2.06. The summed E-state index contributed by atoms with van der Waals surface area (Å²) in [6.45, 7) is 7.03. The first-order chi connectivity index (χ1) is 8.10. The van der Waals surface area contributed by atoms with Crippen molar-refractivity contribution in [1.82, 2.24) is 0 Å². The van der Waals surface area contributed by atoms with Crippen LogP contribution >= 0.6 is 27.5 Å².